The van der Waals surface area contributed by atoms with Gasteiger partial charge in [-0.05, 0) is 213 Å². The van der Waals surface area contributed by atoms with Gasteiger partial charge in [0, 0.05) is 143 Å². The third-order valence-corrected chi connectivity index (χ3v) is 31.2. The maximum atomic E-state index is 6.24. The van der Waals surface area contributed by atoms with Crippen molar-refractivity contribution in [3.8, 4) is 33.4 Å². The Labute approximate surface area is 517 Å². The van der Waals surface area contributed by atoms with Crippen LogP contribution < -0.4 is 5.46 Å². The molecule has 1 saturated heterocycles. The zero-order valence-corrected chi connectivity index (χ0v) is 59.2. The summed E-state index contributed by atoms with van der Waals surface area (Å²) in [6.45, 7) is 37.2. The average molecular weight is 1430 g/mol. The van der Waals surface area contributed by atoms with E-state index in [-0.39, 0.29) is 18.3 Å². The van der Waals surface area contributed by atoms with Crippen molar-refractivity contribution in [3.63, 3.8) is 0 Å². The Bertz CT molecular complexity index is 3060. The van der Waals surface area contributed by atoms with Crippen LogP contribution in [0, 0.1) is 0 Å². The fourth-order valence-electron chi connectivity index (χ4n) is 11.6. The minimum absolute atomic E-state index is 0.269. The van der Waals surface area contributed by atoms with E-state index in [1.54, 1.807) is 24.8 Å². The zero-order chi connectivity index (χ0) is 58.6. The summed E-state index contributed by atoms with van der Waals surface area (Å²) in [7, 11) is -1.60. The summed E-state index contributed by atoms with van der Waals surface area (Å²) in [6.07, 6.45) is 31.7. The number of nitrogens with one attached hydrogen (secondary N) is 1. The van der Waals surface area contributed by atoms with Gasteiger partial charge in [0.15, 0.2) is 16.5 Å². The molecule has 8 aromatic heterocycles. The van der Waals surface area contributed by atoms with Crippen molar-refractivity contribution in [2.75, 3.05) is 0 Å². The van der Waals surface area contributed by atoms with E-state index in [9.17, 15) is 0 Å². The van der Waals surface area contributed by atoms with Crippen molar-refractivity contribution >= 4 is 109 Å². The molecule has 1 N–H and O–H groups in total. The maximum Gasteiger partial charge on any atom is 0.496 e. The summed E-state index contributed by atoms with van der Waals surface area (Å²) in [5.74, 6) is 0. The topological polar surface area (TPSA) is 101 Å². The molecule has 0 amide bonds. The molecule has 10 nitrogen and oxygen atoms in total. The molecule has 0 unspecified atom stereocenters. The van der Waals surface area contributed by atoms with Gasteiger partial charge in [-0.15, -0.1) is 0 Å². The normalized spacial score (nSPS) is 13.9. The first kappa shape index (κ1) is 66.3. The van der Waals surface area contributed by atoms with Gasteiger partial charge in [-0.1, -0.05) is 83.1 Å². The highest BCUT2D eigenvalue weighted by Crippen LogP contribution is 2.45. The summed E-state index contributed by atoms with van der Waals surface area (Å²) in [6, 6.07) is 16.7. The lowest BCUT2D eigenvalue weighted by molar-refractivity contribution is 0.00578. The van der Waals surface area contributed by atoms with Crippen LogP contribution in [0.4, 0.5) is 0 Å². The van der Waals surface area contributed by atoms with Gasteiger partial charge in [0.1, 0.15) is 0 Å². The van der Waals surface area contributed by atoms with E-state index in [2.05, 4.69) is 285 Å². The second kappa shape index (κ2) is 29.2. The Kier molecular flexibility index (Phi) is 24.5. The van der Waals surface area contributed by atoms with E-state index in [0.29, 0.717) is 33.2 Å². The van der Waals surface area contributed by atoms with Crippen LogP contribution in [-0.4, -0.2) is 72.7 Å². The predicted molar refractivity (Wildman–Crippen MR) is 356 cm³/mol. The summed E-state index contributed by atoms with van der Waals surface area (Å²) >= 11 is 16.8. The van der Waals surface area contributed by atoms with E-state index >= 15 is 0 Å². The number of hydrogen-bond acceptors (Lipinski definition) is 6. The van der Waals surface area contributed by atoms with Crippen LogP contribution in [0.1, 0.15) is 111 Å². The minimum atomic E-state index is -1.70. The second-order valence-electron chi connectivity index (χ2n) is 23.1. The molecule has 1 aliphatic heterocycles. The van der Waals surface area contributed by atoms with Crippen molar-refractivity contribution in [1.29, 1.82) is 0 Å². The lowest BCUT2D eigenvalue weighted by Crippen LogP contribution is -2.51. The fraction of sp³-hybridized carbons (Fsp3) is 0.410. The van der Waals surface area contributed by atoms with Crippen LogP contribution >= 0.6 is 79.6 Å². The number of aryl methyl sites for hydroxylation is 1. The van der Waals surface area contributed by atoms with Crippen LogP contribution in [-0.2, 0) is 16.4 Å². The molecule has 1 fully saturated rings. The Morgan fingerprint density at radius 1 is 0.443 bits per heavy atom. The first-order valence-electron chi connectivity index (χ1n) is 27.1. The quantitative estimate of drug-likeness (QED) is 0.122. The van der Waals surface area contributed by atoms with Gasteiger partial charge in [0.2, 0.25) is 0 Å². The highest BCUT2D eigenvalue weighted by atomic mass is 79.9. The summed E-state index contributed by atoms with van der Waals surface area (Å²) in [4.78, 5) is 19.4. The first-order valence-corrected chi connectivity index (χ1v) is 35.4. The van der Waals surface area contributed by atoms with Crippen LogP contribution in [0.3, 0.4) is 0 Å². The molecule has 0 radical (unpaired) electrons. The number of aromatic amines is 1. The van der Waals surface area contributed by atoms with Crippen LogP contribution in [0.5, 0.6) is 0 Å². The van der Waals surface area contributed by atoms with Gasteiger partial charge >= 0.3 is 7.12 Å². The van der Waals surface area contributed by atoms with E-state index in [0.717, 1.165) is 44.5 Å². The molecule has 0 aromatic carbocycles. The molecule has 0 spiro atoms. The van der Waals surface area contributed by atoms with Crippen molar-refractivity contribution in [3.05, 3.63) is 170 Å². The lowest BCUT2D eigenvalue weighted by Gasteiger charge is -2.44. The molecule has 0 atom stereocenters. The van der Waals surface area contributed by atoms with Crippen LogP contribution in [0.25, 0.3) is 33.4 Å². The largest absolute Gasteiger partial charge is 0.496 e. The molecular formula is C61H82BBr5N8O2Si2. The number of halogens is 5. The molecule has 9 heterocycles. The lowest BCUT2D eigenvalue weighted by atomic mass is 9.81. The molecule has 18 heteroatoms. The zero-order valence-electron chi connectivity index (χ0n) is 49.2. The van der Waals surface area contributed by atoms with E-state index in [1.807, 2.05) is 73.2 Å². The standard InChI is InChI=1S/C19H36BNO2Si.C18H27BrN2Si.C10H9BrN2.C9H7BrN2.C5H3Br2N/c1-14(2)24(15(3)4,16(5)6)21-12-11-17(13-21)20-22-18(7,8)19(9,10)23-20;1-13(2)22(14(3)4,15(5)6)21-8-7-16(12-21)17-9-18(19)11-20-10-17;1-13-3-2-8(7-13)9-4-10(11)6-12-5-9;10-9-3-8(5-12-6-9)7-1-2-11-4-7;6-4-1-5(7)3-8-2-4/h11-16H,1-10H3;7-15H,1-6H3;2-7H,1H3;1-6,11H;1-3H. The van der Waals surface area contributed by atoms with Gasteiger partial charge in [0.05, 0.1) is 11.2 Å². The monoisotopic (exact) mass is 1420 g/mol. The third kappa shape index (κ3) is 16.6. The highest BCUT2D eigenvalue weighted by Gasteiger charge is 2.53. The number of H-pyrrole nitrogens is 1. The van der Waals surface area contributed by atoms with Crippen LogP contribution in [0.2, 0.25) is 33.2 Å². The number of aromatic nitrogens is 8. The molecule has 1 aliphatic rings. The van der Waals surface area contributed by atoms with E-state index < -0.39 is 16.5 Å². The summed E-state index contributed by atoms with van der Waals surface area (Å²) in [5, 5.41) is 0. The minimum Gasteiger partial charge on any atom is -0.399 e. The van der Waals surface area contributed by atoms with Crippen molar-refractivity contribution in [2.45, 2.75) is 155 Å². The third-order valence-electron chi connectivity index (χ3n) is 15.6. The first-order chi connectivity index (χ1) is 37.1. The number of pyridine rings is 4. The highest BCUT2D eigenvalue weighted by molar-refractivity contribution is 9.11. The smallest absolute Gasteiger partial charge is 0.399 e. The number of rotatable bonds is 12. The van der Waals surface area contributed by atoms with Gasteiger partial charge in [-0.25, -0.2) is 0 Å². The Hall–Kier alpha value is -3.46. The molecule has 424 valence electrons. The average Bonchev–Trinajstić information content (AvgIpc) is 4.34. The van der Waals surface area contributed by atoms with E-state index in [1.165, 1.54) is 16.7 Å². The van der Waals surface area contributed by atoms with Gasteiger partial charge in [-0.3, -0.25) is 19.9 Å². The SMILES string of the molecule is Brc1cncc(-c2cc[nH]c2)c1.Brc1cncc(Br)c1.CC(C)[Si](C(C)C)(C(C)C)n1ccc(-c2cncc(Br)c2)c1.CC(C)[Si](C(C)C)(C(C)C)n1ccc(B2OC(C)(C)C(C)(C)O2)c1.Cn1ccc(-c2cncc(Br)c2)c1. The fourth-order valence-corrected chi connectivity index (χ4v) is 26.8. The van der Waals surface area contributed by atoms with Crippen LogP contribution in [0.15, 0.2) is 170 Å². The molecule has 79 heavy (non-hydrogen) atoms. The molecule has 0 saturated carbocycles. The maximum absolute atomic E-state index is 6.24. The Morgan fingerprint density at radius 2 is 0.797 bits per heavy atom. The number of hydrogen-bond donors (Lipinski definition) is 1. The molecular weight excluding hydrogens is 1340 g/mol. The molecule has 0 aliphatic carbocycles. The summed E-state index contributed by atoms with van der Waals surface area (Å²) < 4.78 is 24.6. The van der Waals surface area contributed by atoms with Gasteiger partial charge in [-0.2, -0.15) is 0 Å². The molecule has 9 rings (SSSR count). The van der Waals surface area contributed by atoms with E-state index in [4.69, 9.17) is 9.31 Å². The second-order valence-corrected chi connectivity index (χ2v) is 39.2. The molecule has 8 aromatic rings. The van der Waals surface area contributed by atoms with Gasteiger partial charge in [0.25, 0.3) is 0 Å². The molecule has 0 bridgehead atoms. The van der Waals surface area contributed by atoms with Crippen molar-refractivity contribution in [1.82, 2.24) is 38.0 Å². The van der Waals surface area contributed by atoms with Crippen molar-refractivity contribution < 1.29 is 9.31 Å². The predicted octanol–water partition coefficient (Wildman–Crippen LogP) is 19.4. The Morgan fingerprint density at radius 3 is 1.14 bits per heavy atom. The summed E-state index contributed by atoms with van der Waals surface area (Å²) in [5.41, 5.74) is 11.7. The Balaban J connectivity index is 0.000000190. The van der Waals surface area contributed by atoms with Gasteiger partial charge < -0.3 is 27.3 Å². The number of nitrogens with zero attached hydrogens (tertiary/aromatic N) is 7. The van der Waals surface area contributed by atoms with Crippen molar-refractivity contribution in [2.24, 2.45) is 7.05 Å².